The van der Waals surface area contributed by atoms with E-state index < -0.39 is 0 Å². The van der Waals surface area contributed by atoms with E-state index in [1.807, 2.05) is 0 Å². The van der Waals surface area contributed by atoms with Crippen molar-refractivity contribution in [3.63, 3.8) is 0 Å². The summed E-state index contributed by atoms with van der Waals surface area (Å²) < 4.78 is 5.74. The standard InChI is InChI=1S/C14H21NO/c1-10-6-12(3)13(7-11(10)2)8-14-9-15-4-5-16-14/h6-7,14-15H,4-5,8-9H2,1-3H3. The Labute approximate surface area is 98.0 Å². The first-order chi connectivity index (χ1) is 7.66. The average Bonchev–Trinajstić information content (AvgIpc) is 2.27. The third kappa shape index (κ3) is 2.63. The molecule has 1 aromatic carbocycles. The van der Waals surface area contributed by atoms with Crippen LogP contribution in [-0.4, -0.2) is 25.8 Å². The van der Waals surface area contributed by atoms with Gasteiger partial charge in [-0.1, -0.05) is 12.1 Å². The summed E-state index contributed by atoms with van der Waals surface area (Å²) in [6.07, 6.45) is 1.37. The molecule has 0 saturated carbocycles. The van der Waals surface area contributed by atoms with Gasteiger partial charge in [0.1, 0.15) is 0 Å². The molecule has 1 N–H and O–H groups in total. The van der Waals surface area contributed by atoms with Crippen molar-refractivity contribution >= 4 is 0 Å². The summed E-state index contributed by atoms with van der Waals surface area (Å²) >= 11 is 0. The summed E-state index contributed by atoms with van der Waals surface area (Å²) in [6.45, 7) is 9.35. The Hall–Kier alpha value is -0.860. The third-order valence-electron chi connectivity index (χ3n) is 3.40. The lowest BCUT2D eigenvalue weighted by Gasteiger charge is -2.24. The van der Waals surface area contributed by atoms with E-state index in [0.29, 0.717) is 6.10 Å². The molecule has 1 saturated heterocycles. The Balaban J connectivity index is 2.11. The Morgan fingerprint density at radius 2 is 1.94 bits per heavy atom. The van der Waals surface area contributed by atoms with E-state index in [-0.39, 0.29) is 0 Å². The largest absolute Gasteiger partial charge is 0.375 e. The van der Waals surface area contributed by atoms with Crippen LogP contribution in [0.4, 0.5) is 0 Å². The van der Waals surface area contributed by atoms with Crippen LogP contribution < -0.4 is 5.32 Å². The predicted molar refractivity (Wildman–Crippen MR) is 67.0 cm³/mol. The van der Waals surface area contributed by atoms with E-state index >= 15 is 0 Å². The zero-order valence-electron chi connectivity index (χ0n) is 10.5. The molecular formula is C14H21NO. The van der Waals surface area contributed by atoms with E-state index in [4.69, 9.17) is 4.74 Å². The Morgan fingerprint density at radius 1 is 1.19 bits per heavy atom. The van der Waals surface area contributed by atoms with E-state index in [1.165, 1.54) is 22.3 Å². The van der Waals surface area contributed by atoms with Gasteiger partial charge in [-0.3, -0.25) is 0 Å². The fourth-order valence-corrected chi connectivity index (χ4v) is 2.24. The Morgan fingerprint density at radius 3 is 2.62 bits per heavy atom. The maximum atomic E-state index is 5.74. The van der Waals surface area contributed by atoms with Crippen LogP contribution in [0.15, 0.2) is 12.1 Å². The monoisotopic (exact) mass is 219 g/mol. The summed E-state index contributed by atoms with van der Waals surface area (Å²) in [6, 6.07) is 4.59. The molecule has 88 valence electrons. The second-order valence-electron chi connectivity index (χ2n) is 4.76. The lowest BCUT2D eigenvalue weighted by atomic mass is 9.96. The van der Waals surface area contributed by atoms with Crippen LogP contribution in [-0.2, 0) is 11.2 Å². The molecule has 1 aromatic rings. The van der Waals surface area contributed by atoms with Gasteiger partial charge in [0.05, 0.1) is 12.7 Å². The predicted octanol–water partition coefficient (Wildman–Crippen LogP) is 2.14. The molecule has 2 heteroatoms. The topological polar surface area (TPSA) is 21.3 Å². The SMILES string of the molecule is Cc1cc(C)c(CC2CNCCO2)cc1C. The maximum Gasteiger partial charge on any atom is 0.0740 e. The number of hydrogen-bond acceptors (Lipinski definition) is 2. The van der Waals surface area contributed by atoms with E-state index in [1.54, 1.807) is 0 Å². The van der Waals surface area contributed by atoms with Crippen molar-refractivity contribution in [2.75, 3.05) is 19.7 Å². The summed E-state index contributed by atoms with van der Waals surface area (Å²) in [4.78, 5) is 0. The van der Waals surface area contributed by atoms with Crippen LogP contribution in [0.2, 0.25) is 0 Å². The lowest BCUT2D eigenvalue weighted by molar-refractivity contribution is 0.0291. The highest BCUT2D eigenvalue weighted by Crippen LogP contribution is 2.18. The smallest absolute Gasteiger partial charge is 0.0740 e. The summed E-state index contributed by atoms with van der Waals surface area (Å²) in [5.74, 6) is 0. The van der Waals surface area contributed by atoms with Crippen molar-refractivity contribution in [2.24, 2.45) is 0 Å². The van der Waals surface area contributed by atoms with Gasteiger partial charge in [-0.05, 0) is 43.0 Å². The van der Waals surface area contributed by atoms with Gasteiger partial charge in [0.2, 0.25) is 0 Å². The van der Waals surface area contributed by atoms with Gasteiger partial charge in [0.25, 0.3) is 0 Å². The molecule has 0 aliphatic carbocycles. The highest BCUT2D eigenvalue weighted by atomic mass is 16.5. The number of hydrogen-bond donors (Lipinski definition) is 1. The number of morpholine rings is 1. The van der Waals surface area contributed by atoms with Crippen molar-refractivity contribution in [1.29, 1.82) is 0 Å². The number of nitrogens with one attached hydrogen (secondary N) is 1. The highest BCUT2D eigenvalue weighted by molar-refractivity contribution is 5.36. The van der Waals surface area contributed by atoms with Crippen LogP contribution >= 0.6 is 0 Å². The zero-order valence-corrected chi connectivity index (χ0v) is 10.5. The molecule has 1 fully saturated rings. The Bertz CT molecular complexity index is 367. The molecule has 1 aliphatic heterocycles. The summed E-state index contributed by atoms with van der Waals surface area (Å²) in [5.41, 5.74) is 5.57. The van der Waals surface area contributed by atoms with Gasteiger partial charge in [0.15, 0.2) is 0 Å². The fourth-order valence-electron chi connectivity index (χ4n) is 2.24. The Kier molecular flexibility index (Phi) is 3.62. The van der Waals surface area contributed by atoms with Crippen molar-refractivity contribution < 1.29 is 4.74 Å². The zero-order chi connectivity index (χ0) is 11.5. The lowest BCUT2D eigenvalue weighted by Crippen LogP contribution is -2.39. The molecular weight excluding hydrogens is 198 g/mol. The first kappa shape index (κ1) is 11.6. The molecule has 0 aromatic heterocycles. The van der Waals surface area contributed by atoms with Crippen LogP contribution in [0, 0.1) is 20.8 Å². The molecule has 1 unspecified atom stereocenters. The minimum absolute atomic E-state index is 0.342. The van der Waals surface area contributed by atoms with Crippen molar-refractivity contribution in [1.82, 2.24) is 5.32 Å². The number of rotatable bonds is 2. The van der Waals surface area contributed by atoms with Gasteiger partial charge in [-0.2, -0.15) is 0 Å². The number of ether oxygens (including phenoxy) is 1. The highest BCUT2D eigenvalue weighted by Gasteiger charge is 2.15. The first-order valence-electron chi connectivity index (χ1n) is 6.06. The quantitative estimate of drug-likeness (QED) is 0.823. The molecule has 16 heavy (non-hydrogen) atoms. The van der Waals surface area contributed by atoms with Gasteiger partial charge in [-0.15, -0.1) is 0 Å². The average molecular weight is 219 g/mol. The summed E-state index contributed by atoms with van der Waals surface area (Å²) in [5, 5.41) is 3.38. The molecule has 2 rings (SSSR count). The van der Waals surface area contributed by atoms with E-state index in [0.717, 1.165) is 26.1 Å². The molecule has 0 spiro atoms. The molecule has 1 atom stereocenters. The van der Waals surface area contributed by atoms with Crippen LogP contribution in [0.25, 0.3) is 0 Å². The molecule has 2 nitrogen and oxygen atoms in total. The molecule has 0 bridgehead atoms. The van der Waals surface area contributed by atoms with Crippen molar-refractivity contribution in [3.8, 4) is 0 Å². The molecule has 1 aliphatic rings. The number of benzene rings is 1. The minimum atomic E-state index is 0.342. The van der Waals surface area contributed by atoms with Crippen molar-refractivity contribution in [2.45, 2.75) is 33.3 Å². The summed E-state index contributed by atoms with van der Waals surface area (Å²) in [7, 11) is 0. The third-order valence-corrected chi connectivity index (χ3v) is 3.40. The normalized spacial score (nSPS) is 21.1. The van der Waals surface area contributed by atoms with Crippen LogP contribution in [0.3, 0.4) is 0 Å². The van der Waals surface area contributed by atoms with E-state index in [9.17, 15) is 0 Å². The fraction of sp³-hybridized carbons (Fsp3) is 0.571. The molecule has 1 heterocycles. The van der Waals surface area contributed by atoms with Gasteiger partial charge < -0.3 is 10.1 Å². The minimum Gasteiger partial charge on any atom is -0.375 e. The molecule has 0 amide bonds. The van der Waals surface area contributed by atoms with Gasteiger partial charge in [0, 0.05) is 19.5 Å². The number of aryl methyl sites for hydroxylation is 3. The maximum absolute atomic E-state index is 5.74. The van der Waals surface area contributed by atoms with Crippen LogP contribution in [0.5, 0.6) is 0 Å². The molecule has 0 radical (unpaired) electrons. The second-order valence-corrected chi connectivity index (χ2v) is 4.76. The van der Waals surface area contributed by atoms with E-state index in [2.05, 4.69) is 38.2 Å². The van der Waals surface area contributed by atoms with Crippen LogP contribution in [0.1, 0.15) is 22.3 Å². The van der Waals surface area contributed by atoms with Gasteiger partial charge >= 0.3 is 0 Å². The van der Waals surface area contributed by atoms with Crippen molar-refractivity contribution in [3.05, 3.63) is 34.4 Å². The first-order valence-corrected chi connectivity index (χ1v) is 6.06. The van der Waals surface area contributed by atoms with Gasteiger partial charge in [-0.25, -0.2) is 0 Å². The second kappa shape index (κ2) is 4.98.